The van der Waals surface area contributed by atoms with Crippen molar-refractivity contribution in [2.45, 2.75) is 6.10 Å². The van der Waals surface area contributed by atoms with Crippen LogP contribution in [-0.2, 0) is 4.79 Å². The number of carbonyl (C=O) groups excluding carboxylic acids is 1. The van der Waals surface area contributed by atoms with Crippen molar-refractivity contribution in [2.24, 2.45) is 0 Å². The molecule has 0 heterocycles. The fourth-order valence-corrected chi connectivity index (χ4v) is 1.37. The second-order valence-electron chi connectivity index (χ2n) is 3.61. The third-order valence-corrected chi connectivity index (χ3v) is 2.36. The van der Waals surface area contributed by atoms with Gasteiger partial charge in [0, 0.05) is 13.1 Å². The molecule has 0 bridgehead atoms. The molecule has 0 spiro atoms. The zero-order chi connectivity index (χ0) is 14.4. The number of likely N-dealkylation sites (N-methyl/N-ethyl adjacent to an activating group) is 1. The maximum Gasteiger partial charge on any atom is 0.293 e. The SMILES string of the molecule is CNC(=O)[C@H](O)CNc1ccc(C#N)cc1[N+](=O)[O-]. The summed E-state index contributed by atoms with van der Waals surface area (Å²) in [5.74, 6) is -0.594. The van der Waals surface area contributed by atoms with Gasteiger partial charge in [-0.1, -0.05) is 0 Å². The van der Waals surface area contributed by atoms with Crippen molar-refractivity contribution in [2.75, 3.05) is 18.9 Å². The first-order chi connectivity index (χ1) is 8.99. The van der Waals surface area contributed by atoms with Crippen LogP contribution in [0.3, 0.4) is 0 Å². The van der Waals surface area contributed by atoms with Crippen LogP contribution in [0.2, 0.25) is 0 Å². The highest BCUT2D eigenvalue weighted by Crippen LogP contribution is 2.25. The van der Waals surface area contributed by atoms with Crippen LogP contribution in [0.25, 0.3) is 0 Å². The smallest absolute Gasteiger partial charge is 0.293 e. The van der Waals surface area contributed by atoms with Gasteiger partial charge in [0.15, 0.2) is 0 Å². The molecule has 0 aliphatic carbocycles. The molecule has 3 N–H and O–H groups in total. The van der Waals surface area contributed by atoms with E-state index in [1.54, 1.807) is 6.07 Å². The number of hydrogen-bond donors (Lipinski definition) is 3. The number of benzene rings is 1. The average Bonchev–Trinajstić information content (AvgIpc) is 2.43. The number of hydrogen-bond acceptors (Lipinski definition) is 6. The molecular weight excluding hydrogens is 252 g/mol. The Hall–Kier alpha value is -2.66. The topological polar surface area (TPSA) is 128 Å². The first-order valence-electron chi connectivity index (χ1n) is 5.31. The van der Waals surface area contributed by atoms with E-state index in [-0.39, 0.29) is 23.5 Å². The first kappa shape index (κ1) is 14.4. The molecule has 0 aromatic heterocycles. The van der Waals surface area contributed by atoms with Crippen molar-refractivity contribution >= 4 is 17.3 Å². The lowest BCUT2D eigenvalue weighted by Gasteiger charge is -2.11. The third kappa shape index (κ3) is 3.65. The number of nitrogens with one attached hydrogen (secondary N) is 2. The summed E-state index contributed by atoms with van der Waals surface area (Å²) in [4.78, 5) is 21.3. The van der Waals surface area contributed by atoms with Crippen molar-refractivity contribution in [1.82, 2.24) is 5.32 Å². The number of nitro groups is 1. The molecular formula is C11H12N4O4. The first-order valence-corrected chi connectivity index (χ1v) is 5.31. The maximum atomic E-state index is 11.1. The lowest BCUT2D eigenvalue weighted by Crippen LogP contribution is -2.36. The molecule has 0 saturated heterocycles. The number of nitrogens with zero attached hydrogens (tertiary/aromatic N) is 2. The third-order valence-electron chi connectivity index (χ3n) is 2.36. The predicted octanol–water partition coefficient (Wildman–Crippen LogP) is -0.0147. The number of aliphatic hydroxyl groups is 1. The molecule has 0 fully saturated rings. The van der Waals surface area contributed by atoms with Crippen molar-refractivity contribution in [3.05, 3.63) is 33.9 Å². The summed E-state index contributed by atoms with van der Waals surface area (Å²) in [6.07, 6.45) is -1.32. The summed E-state index contributed by atoms with van der Waals surface area (Å²) < 4.78 is 0. The monoisotopic (exact) mass is 264 g/mol. The second kappa shape index (κ2) is 6.32. The van der Waals surface area contributed by atoms with Crippen LogP contribution in [0.15, 0.2) is 18.2 Å². The Labute approximate surface area is 108 Å². The summed E-state index contributed by atoms with van der Waals surface area (Å²) in [6, 6.07) is 5.67. The van der Waals surface area contributed by atoms with E-state index in [0.29, 0.717) is 0 Å². The van der Waals surface area contributed by atoms with E-state index in [1.165, 1.54) is 19.2 Å². The molecule has 0 saturated carbocycles. The molecule has 1 aromatic rings. The highest BCUT2D eigenvalue weighted by atomic mass is 16.6. The van der Waals surface area contributed by atoms with Gasteiger partial charge in [-0.3, -0.25) is 14.9 Å². The molecule has 0 aliphatic heterocycles. The molecule has 1 atom stereocenters. The Morgan fingerprint density at radius 1 is 1.63 bits per heavy atom. The van der Waals surface area contributed by atoms with Gasteiger partial charge >= 0.3 is 0 Å². The maximum absolute atomic E-state index is 11.1. The Morgan fingerprint density at radius 2 is 2.32 bits per heavy atom. The van der Waals surface area contributed by atoms with Crippen LogP contribution < -0.4 is 10.6 Å². The highest BCUT2D eigenvalue weighted by Gasteiger charge is 2.17. The summed E-state index contributed by atoms with van der Waals surface area (Å²) in [5.41, 5.74) is -0.000732. The van der Waals surface area contributed by atoms with E-state index in [4.69, 9.17) is 5.26 Å². The summed E-state index contributed by atoms with van der Waals surface area (Å²) in [6.45, 7) is -0.174. The number of nitro benzene ring substituents is 1. The lowest BCUT2D eigenvalue weighted by atomic mass is 10.2. The highest BCUT2D eigenvalue weighted by molar-refractivity contribution is 5.81. The van der Waals surface area contributed by atoms with Gasteiger partial charge in [-0.05, 0) is 12.1 Å². The fourth-order valence-electron chi connectivity index (χ4n) is 1.37. The average molecular weight is 264 g/mol. The fraction of sp³-hybridized carbons (Fsp3) is 0.273. The number of amides is 1. The second-order valence-corrected chi connectivity index (χ2v) is 3.61. The number of anilines is 1. The van der Waals surface area contributed by atoms with E-state index in [9.17, 15) is 20.0 Å². The van der Waals surface area contributed by atoms with Crippen LogP contribution in [0.5, 0.6) is 0 Å². The van der Waals surface area contributed by atoms with Crippen molar-refractivity contribution in [1.29, 1.82) is 5.26 Å². The zero-order valence-corrected chi connectivity index (χ0v) is 10.1. The molecule has 8 nitrogen and oxygen atoms in total. The van der Waals surface area contributed by atoms with Gasteiger partial charge in [0.05, 0.1) is 23.1 Å². The van der Waals surface area contributed by atoms with Gasteiger partial charge in [0.25, 0.3) is 5.69 Å². The molecule has 100 valence electrons. The van der Waals surface area contributed by atoms with Crippen LogP contribution in [-0.4, -0.2) is 35.6 Å². The van der Waals surface area contributed by atoms with Crippen LogP contribution >= 0.6 is 0 Å². The van der Waals surface area contributed by atoms with E-state index in [2.05, 4.69) is 10.6 Å². The largest absolute Gasteiger partial charge is 0.381 e. The molecule has 8 heteroatoms. The lowest BCUT2D eigenvalue weighted by molar-refractivity contribution is -0.384. The van der Waals surface area contributed by atoms with Gasteiger partial charge in [-0.15, -0.1) is 0 Å². The van der Waals surface area contributed by atoms with Crippen LogP contribution in [0.4, 0.5) is 11.4 Å². The molecule has 1 aromatic carbocycles. The predicted molar refractivity (Wildman–Crippen MR) is 66.4 cm³/mol. The van der Waals surface area contributed by atoms with Crippen LogP contribution in [0.1, 0.15) is 5.56 Å². The molecule has 19 heavy (non-hydrogen) atoms. The molecule has 1 rings (SSSR count). The van der Waals surface area contributed by atoms with Gasteiger partial charge in [-0.2, -0.15) is 5.26 Å². The molecule has 0 radical (unpaired) electrons. The van der Waals surface area contributed by atoms with Crippen molar-refractivity contribution in [3.8, 4) is 6.07 Å². The van der Waals surface area contributed by atoms with Gasteiger partial charge in [-0.25, -0.2) is 0 Å². The minimum atomic E-state index is -1.32. The minimum absolute atomic E-state index is 0.131. The van der Waals surface area contributed by atoms with Gasteiger partial charge in [0.1, 0.15) is 11.8 Å². The summed E-state index contributed by atoms with van der Waals surface area (Å²) in [7, 11) is 1.37. The number of nitriles is 1. The van der Waals surface area contributed by atoms with Crippen molar-refractivity contribution < 1.29 is 14.8 Å². The summed E-state index contributed by atoms with van der Waals surface area (Å²) in [5, 5.41) is 33.8. The van der Waals surface area contributed by atoms with E-state index >= 15 is 0 Å². The van der Waals surface area contributed by atoms with Gasteiger partial charge < -0.3 is 15.7 Å². The number of aliphatic hydroxyl groups excluding tert-OH is 1. The number of carbonyl (C=O) groups is 1. The van der Waals surface area contributed by atoms with Gasteiger partial charge in [0.2, 0.25) is 5.91 Å². The van der Waals surface area contributed by atoms with E-state index in [1.807, 2.05) is 0 Å². The molecule has 0 aliphatic rings. The standard InChI is InChI=1S/C11H12N4O4/c1-13-11(17)10(16)6-14-8-3-2-7(5-12)4-9(8)15(18)19/h2-4,10,14,16H,6H2,1H3,(H,13,17)/t10-/m1/s1. The summed E-state index contributed by atoms with van der Waals surface area (Å²) >= 11 is 0. The Balaban J connectivity index is 2.87. The number of rotatable bonds is 5. The molecule has 0 unspecified atom stereocenters. The minimum Gasteiger partial charge on any atom is -0.381 e. The Morgan fingerprint density at radius 3 is 2.84 bits per heavy atom. The molecule has 1 amide bonds. The zero-order valence-electron chi connectivity index (χ0n) is 10.1. The Bertz CT molecular complexity index is 538. The van der Waals surface area contributed by atoms with Crippen molar-refractivity contribution in [3.63, 3.8) is 0 Å². The quantitative estimate of drug-likeness (QED) is 0.506. The Kier molecular flexibility index (Phi) is 4.79. The van der Waals surface area contributed by atoms with E-state index in [0.717, 1.165) is 6.07 Å². The van der Waals surface area contributed by atoms with Crippen LogP contribution in [0, 0.1) is 21.4 Å². The normalized spacial score (nSPS) is 11.2. The van der Waals surface area contributed by atoms with E-state index < -0.39 is 16.9 Å².